The first-order valence-electron chi connectivity index (χ1n) is 6.02. The fourth-order valence-corrected chi connectivity index (χ4v) is 2.99. The maximum Gasteiger partial charge on any atom is 0.236 e. The van der Waals surface area contributed by atoms with E-state index in [-0.39, 0.29) is 11.3 Å². The minimum atomic E-state index is -0.306. The van der Waals surface area contributed by atoms with Gasteiger partial charge in [-0.1, -0.05) is 19.3 Å². The van der Waals surface area contributed by atoms with Gasteiger partial charge in [-0.2, -0.15) is 0 Å². The van der Waals surface area contributed by atoms with Crippen LogP contribution in [0.4, 0.5) is 5.69 Å². The van der Waals surface area contributed by atoms with Crippen LogP contribution in [0.1, 0.15) is 43.5 Å². The molecule has 0 aromatic carbocycles. The molecule has 1 aliphatic carbocycles. The largest absolute Gasteiger partial charge is 0.324 e. The van der Waals surface area contributed by atoms with Gasteiger partial charge < -0.3 is 5.32 Å². The van der Waals surface area contributed by atoms with Gasteiger partial charge in [0.15, 0.2) is 0 Å². The van der Waals surface area contributed by atoms with E-state index in [9.17, 15) is 4.79 Å². The third-order valence-corrected chi connectivity index (χ3v) is 3.88. The van der Waals surface area contributed by atoms with Crippen LogP contribution in [0.25, 0.3) is 0 Å². The zero-order valence-electron chi connectivity index (χ0n) is 9.55. The molecule has 1 saturated carbocycles. The first-order valence-corrected chi connectivity index (χ1v) is 6.02. The van der Waals surface area contributed by atoms with Crippen molar-refractivity contribution in [3.05, 3.63) is 23.5 Å². The Kier molecular flexibility index (Phi) is 2.03. The summed E-state index contributed by atoms with van der Waals surface area (Å²) in [4.78, 5) is 16.8. The van der Waals surface area contributed by atoms with E-state index in [4.69, 9.17) is 0 Å². The third-order valence-electron chi connectivity index (χ3n) is 3.88. The topological polar surface area (TPSA) is 42.0 Å². The maximum atomic E-state index is 12.2. The van der Waals surface area contributed by atoms with Crippen molar-refractivity contribution in [2.45, 2.75) is 44.4 Å². The zero-order valence-corrected chi connectivity index (χ0v) is 9.55. The zero-order chi connectivity index (χ0) is 11.2. The minimum absolute atomic E-state index is 0.167. The normalized spacial score (nSPS) is 21.9. The van der Waals surface area contributed by atoms with Gasteiger partial charge in [-0.3, -0.25) is 9.78 Å². The number of anilines is 1. The van der Waals surface area contributed by atoms with Crippen LogP contribution in [0.2, 0.25) is 0 Å². The van der Waals surface area contributed by atoms with E-state index in [1.807, 2.05) is 19.1 Å². The maximum absolute atomic E-state index is 12.2. The first kappa shape index (κ1) is 9.82. The lowest BCUT2D eigenvalue weighted by molar-refractivity contribution is -0.122. The molecule has 1 aliphatic heterocycles. The van der Waals surface area contributed by atoms with E-state index in [1.165, 1.54) is 6.42 Å². The van der Waals surface area contributed by atoms with Crippen LogP contribution in [0.15, 0.2) is 12.1 Å². The highest BCUT2D eigenvalue weighted by molar-refractivity contribution is 6.05. The van der Waals surface area contributed by atoms with Crippen molar-refractivity contribution in [3.8, 4) is 0 Å². The lowest BCUT2D eigenvalue weighted by Gasteiger charge is -2.30. The summed E-state index contributed by atoms with van der Waals surface area (Å²) in [5.41, 5.74) is 2.62. The number of hydrogen-bond acceptors (Lipinski definition) is 2. The van der Waals surface area contributed by atoms with Crippen LogP contribution in [0.5, 0.6) is 0 Å². The van der Waals surface area contributed by atoms with E-state index < -0.39 is 0 Å². The van der Waals surface area contributed by atoms with Gasteiger partial charge in [0.2, 0.25) is 5.91 Å². The molecule has 2 heterocycles. The number of aryl methyl sites for hydroxylation is 1. The molecule has 1 aromatic heterocycles. The Bertz CT molecular complexity index is 447. The second-order valence-corrected chi connectivity index (χ2v) is 4.95. The van der Waals surface area contributed by atoms with Crippen molar-refractivity contribution in [1.29, 1.82) is 0 Å². The van der Waals surface area contributed by atoms with Gasteiger partial charge >= 0.3 is 0 Å². The number of carbonyl (C=O) groups excluding carboxylic acids is 1. The Labute approximate surface area is 95.3 Å². The molecule has 0 saturated heterocycles. The van der Waals surface area contributed by atoms with Crippen LogP contribution < -0.4 is 5.32 Å². The van der Waals surface area contributed by atoms with Crippen molar-refractivity contribution in [3.63, 3.8) is 0 Å². The monoisotopic (exact) mass is 216 g/mol. The summed E-state index contributed by atoms with van der Waals surface area (Å²) in [6.07, 6.45) is 5.45. The van der Waals surface area contributed by atoms with E-state index >= 15 is 0 Å². The van der Waals surface area contributed by atoms with Crippen molar-refractivity contribution in [2.75, 3.05) is 5.32 Å². The predicted octanol–water partition coefficient (Wildman–Crippen LogP) is 2.54. The molecular weight excluding hydrogens is 200 g/mol. The minimum Gasteiger partial charge on any atom is -0.324 e. The molecule has 1 spiro atoms. The summed E-state index contributed by atoms with van der Waals surface area (Å²) in [5.74, 6) is 0.167. The summed E-state index contributed by atoms with van der Waals surface area (Å²) in [5, 5.41) is 2.98. The standard InChI is InChI=1S/C13H16N2O/c1-9-5-6-10-11(14-9)13(12(16)15-10)7-3-2-4-8-13/h5-6H,2-4,7-8H2,1H3,(H,15,16). The average Bonchev–Trinajstić information content (AvgIpc) is 2.55. The summed E-state index contributed by atoms with van der Waals surface area (Å²) in [6.45, 7) is 1.99. The molecule has 3 rings (SSSR count). The van der Waals surface area contributed by atoms with E-state index in [2.05, 4.69) is 10.3 Å². The SMILES string of the molecule is Cc1ccc2c(n1)C1(CCCCC1)C(=O)N2. The Morgan fingerprint density at radius 3 is 2.75 bits per heavy atom. The summed E-state index contributed by atoms with van der Waals surface area (Å²) in [6, 6.07) is 3.94. The molecule has 0 unspecified atom stereocenters. The van der Waals surface area contributed by atoms with Crippen LogP contribution in [-0.4, -0.2) is 10.9 Å². The lowest BCUT2D eigenvalue weighted by atomic mass is 9.72. The van der Waals surface area contributed by atoms with Gasteiger partial charge in [0.1, 0.15) is 0 Å². The Balaban J connectivity index is 2.13. The smallest absolute Gasteiger partial charge is 0.236 e. The fraction of sp³-hybridized carbons (Fsp3) is 0.538. The van der Waals surface area contributed by atoms with Gasteiger partial charge in [-0.15, -0.1) is 0 Å². The first-order chi connectivity index (χ1) is 7.72. The molecule has 3 heteroatoms. The number of carbonyl (C=O) groups is 1. The fourth-order valence-electron chi connectivity index (χ4n) is 2.99. The third kappa shape index (κ3) is 1.20. The van der Waals surface area contributed by atoms with Crippen molar-refractivity contribution in [2.24, 2.45) is 0 Å². The summed E-state index contributed by atoms with van der Waals surface area (Å²) < 4.78 is 0. The second kappa shape index (κ2) is 3.30. The molecule has 1 fully saturated rings. The Morgan fingerprint density at radius 1 is 1.25 bits per heavy atom. The number of rotatable bonds is 0. The second-order valence-electron chi connectivity index (χ2n) is 4.95. The van der Waals surface area contributed by atoms with Crippen molar-refractivity contribution < 1.29 is 4.79 Å². The molecule has 0 atom stereocenters. The number of amides is 1. The molecule has 3 nitrogen and oxygen atoms in total. The van der Waals surface area contributed by atoms with Crippen LogP contribution >= 0.6 is 0 Å². The molecule has 1 N–H and O–H groups in total. The number of nitrogens with zero attached hydrogens (tertiary/aromatic N) is 1. The average molecular weight is 216 g/mol. The van der Waals surface area contributed by atoms with Gasteiger partial charge in [0.25, 0.3) is 0 Å². The van der Waals surface area contributed by atoms with Crippen molar-refractivity contribution in [1.82, 2.24) is 4.98 Å². The number of hydrogen-bond donors (Lipinski definition) is 1. The number of pyridine rings is 1. The molecule has 84 valence electrons. The molecule has 0 radical (unpaired) electrons. The summed E-state index contributed by atoms with van der Waals surface area (Å²) >= 11 is 0. The van der Waals surface area contributed by atoms with Gasteiger partial charge in [-0.05, 0) is 31.9 Å². The van der Waals surface area contributed by atoms with E-state index in [0.29, 0.717) is 0 Å². The predicted molar refractivity (Wildman–Crippen MR) is 62.4 cm³/mol. The lowest BCUT2D eigenvalue weighted by Crippen LogP contribution is -2.37. The van der Waals surface area contributed by atoms with E-state index in [1.54, 1.807) is 0 Å². The molecule has 16 heavy (non-hydrogen) atoms. The molecular formula is C13H16N2O. The molecule has 1 aromatic rings. The van der Waals surface area contributed by atoms with Crippen LogP contribution in [0.3, 0.4) is 0 Å². The highest BCUT2D eigenvalue weighted by Crippen LogP contribution is 2.46. The molecule has 0 bridgehead atoms. The van der Waals surface area contributed by atoms with E-state index in [0.717, 1.165) is 42.8 Å². The number of fused-ring (bicyclic) bond motifs is 2. The number of nitrogens with one attached hydrogen (secondary N) is 1. The molecule has 1 amide bonds. The highest BCUT2D eigenvalue weighted by atomic mass is 16.2. The van der Waals surface area contributed by atoms with Crippen molar-refractivity contribution >= 4 is 11.6 Å². The van der Waals surface area contributed by atoms with Crippen LogP contribution in [0, 0.1) is 6.92 Å². The van der Waals surface area contributed by atoms with Crippen LogP contribution in [-0.2, 0) is 10.2 Å². The van der Waals surface area contributed by atoms with Gasteiger partial charge in [-0.25, -0.2) is 0 Å². The highest BCUT2D eigenvalue weighted by Gasteiger charge is 2.48. The summed E-state index contributed by atoms with van der Waals surface area (Å²) in [7, 11) is 0. The molecule has 2 aliphatic rings. The Morgan fingerprint density at radius 2 is 2.00 bits per heavy atom. The van der Waals surface area contributed by atoms with Gasteiger partial charge in [0, 0.05) is 5.69 Å². The number of aromatic nitrogens is 1. The Hall–Kier alpha value is -1.38. The quantitative estimate of drug-likeness (QED) is 0.724. The van der Waals surface area contributed by atoms with Gasteiger partial charge in [0.05, 0.1) is 16.8 Å².